The van der Waals surface area contributed by atoms with E-state index in [0.717, 1.165) is 6.26 Å². The lowest BCUT2D eigenvalue weighted by Gasteiger charge is -2.08. The summed E-state index contributed by atoms with van der Waals surface area (Å²) in [5.74, 6) is -0.683. The van der Waals surface area contributed by atoms with Crippen molar-refractivity contribution in [3.05, 3.63) is 59.7 Å². The maximum atomic E-state index is 12.0. The number of carbonyl (C=O) groups is 2. The lowest BCUT2D eigenvalue weighted by molar-refractivity contribution is 0.0927. The number of hydrogen-bond acceptors (Lipinski definition) is 5. The standard InChI is InChI=1S/C17H18N2O5S/c1-25(23,24)15-4-2-3-13(11-15)17(22)19-10-9-18-16(21)12-5-7-14(20)8-6-12/h2-8,11,20H,9-10H2,1H3,(H,18,21)(H,19,22). The van der Waals surface area contributed by atoms with Gasteiger partial charge in [-0.15, -0.1) is 0 Å². The summed E-state index contributed by atoms with van der Waals surface area (Å²) in [6, 6.07) is 11.5. The van der Waals surface area contributed by atoms with Crippen LogP contribution in [0.1, 0.15) is 20.7 Å². The number of phenolic OH excluding ortho intramolecular Hbond substituents is 1. The van der Waals surface area contributed by atoms with Gasteiger partial charge in [-0.2, -0.15) is 0 Å². The molecule has 0 saturated carbocycles. The third kappa shape index (κ3) is 5.32. The quantitative estimate of drug-likeness (QED) is 0.663. The smallest absolute Gasteiger partial charge is 0.251 e. The van der Waals surface area contributed by atoms with Gasteiger partial charge >= 0.3 is 0 Å². The number of aromatic hydroxyl groups is 1. The molecule has 2 aromatic carbocycles. The van der Waals surface area contributed by atoms with Crippen molar-refractivity contribution in [3.8, 4) is 5.75 Å². The monoisotopic (exact) mass is 362 g/mol. The number of hydrogen-bond donors (Lipinski definition) is 3. The van der Waals surface area contributed by atoms with Gasteiger partial charge in [0.1, 0.15) is 5.75 Å². The maximum absolute atomic E-state index is 12.0. The summed E-state index contributed by atoms with van der Waals surface area (Å²) in [6.45, 7) is 0.392. The van der Waals surface area contributed by atoms with Gasteiger partial charge in [-0.25, -0.2) is 8.42 Å². The van der Waals surface area contributed by atoms with Crippen molar-refractivity contribution in [2.75, 3.05) is 19.3 Å². The molecule has 0 radical (unpaired) electrons. The second kappa shape index (κ2) is 7.80. The van der Waals surface area contributed by atoms with E-state index >= 15 is 0 Å². The SMILES string of the molecule is CS(=O)(=O)c1cccc(C(=O)NCCNC(=O)c2ccc(O)cc2)c1. The highest BCUT2D eigenvalue weighted by atomic mass is 32.2. The topological polar surface area (TPSA) is 113 Å². The van der Waals surface area contributed by atoms with Crippen LogP contribution in [0.15, 0.2) is 53.4 Å². The molecule has 3 N–H and O–H groups in total. The van der Waals surface area contributed by atoms with Gasteiger partial charge in [0, 0.05) is 30.5 Å². The number of amides is 2. The van der Waals surface area contributed by atoms with Gasteiger partial charge in [0.05, 0.1) is 4.90 Å². The summed E-state index contributed by atoms with van der Waals surface area (Å²) >= 11 is 0. The zero-order chi connectivity index (χ0) is 18.4. The van der Waals surface area contributed by atoms with E-state index in [2.05, 4.69) is 10.6 Å². The second-order valence-corrected chi connectivity index (χ2v) is 7.37. The van der Waals surface area contributed by atoms with Crippen LogP contribution in [0.4, 0.5) is 0 Å². The van der Waals surface area contributed by atoms with Crippen LogP contribution in [0.3, 0.4) is 0 Å². The molecule has 0 fully saturated rings. The Morgan fingerprint density at radius 3 is 2.04 bits per heavy atom. The van der Waals surface area contributed by atoms with Gasteiger partial charge < -0.3 is 15.7 Å². The summed E-state index contributed by atoms with van der Waals surface area (Å²) in [7, 11) is -3.38. The van der Waals surface area contributed by atoms with Crippen LogP contribution >= 0.6 is 0 Å². The van der Waals surface area contributed by atoms with Gasteiger partial charge in [-0.1, -0.05) is 6.07 Å². The average molecular weight is 362 g/mol. The molecule has 2 amide bonds. The van der Waals surface area contributed by atoms with E-state index in [0.29, 0.717) is 5.56 Å². The predicted octanol–water partition coefficient (Wildman–Crippen LogP) is 0.956. The number of benzene rings is 2. The molecule has 0 unspecified atom stereocenters. The molecule has 0 aromatic heterocycles. The van der Waals surface area contributed by atoms with Crippen molar-refractivity contribution in [3.63, 3.8) is 0 Å². The minimum atomic E-state index is -3.38. The van der Waals surface area contributed by atoms with Gasteiger partial charge in [0.25, 0.3) is 11.8 Å². The van der Waals surface area contributed by atoms with Crippen molar-refractivity contribution in [2.45, 2.75) is 4.90 Å². The summed E-state index contributed by atoms with van der Waals surface area (Å²) < 4.78 is 23.0. The van der Waals surface area contributed by atoms with E-state index in [1.165, 1.54) is 48.5 Å². The molecule has 0 spiro atoms. The summed E-state index contributed by atoms with van der Waals surface area (Å²) in [4.78, 5) is 24.0. The Balaban J connectivity index is 1.84. The molecule has 2 rings (SSSR count). The van der Waals surface area contributed by atoms with Crippen molar-refractivity contribution in [1.29, 1.82) is 0 Å². The van der Waals surface area contributed by atoms with E-state index in [4.69, 9.17) is 0 Å². The highest BCUT2D eigenvalue weighted by molar-refractivity contribution is 7.90. The molecule has 8 heteroatoms. The summed E-state index contributed by atoms with van der Waals surface area (Å²) in [5, 5.41) is 14.4. The fraction of sp³-hybridized carbons (Fsp3) is 0.176. The van der Waals surface area contributed by atoms with Gasteiger partial charge in [-0.05, 0) is 42.5 Å². The third-order valence-corrected chi connectivity index (χ3v) is 4.46. The highest BCUT2D eigenvalue weighted by Gasteiger charge is 2.11. The van der Waals surface area contributed by atoms with Crippen molar-refractivity contribution in [1.82, 2.24) is 10.6 Å². The number of rotatable bonds is 6. The van der Waals surface area contributed by atoms with Gasteiger partial charge in [-0.3, -0.25) is 9.59 Å². The van der Waals surface area contributed by atoms with Crippen molar-refractivity contribution < 1.29 is 23.1 Å². The molecule has 25 heavy (non-hydrogen) atoms. The Bertz CT molecular complexity index is 876. The van der Waals surface area contributed by atoms with Gasteiger partial charge in [0.15, 0.2) is 9.84 Å². The Morgan fingerprint density at radius 1 is 0.920 bits per heavy atom. The Kier molecular flexibility index (Phi) is 5.76. The van der Waals surface area contributed by atoms with E-state index in [1.54, 1.807) is 0 Å². The summed E-state index contributed by atoms with van der Waals surface area (Å²) in [5.41, 5.74) is 0.623. The van der Waals surface area contributed by atoms with Crippen LogP contribution in [-0.4, -0.2) is 44.7 Å². The zero-order valence-electron chi connectivity index (χ0n) is 13.5. The van der Waals surface area contributed by atoms with Crippen LogP contribution in [0, 0.1) is 0 Å². The number of phenols is 1. The van der Waals surface area contributed by atoms with Crippen molar-refractivity contribution >= 4 is 21.7 Å². The third-order valence-electron chi connectivity index (χ3n) is 3.35. The molecular weight excluding hydrogens is 344 g/mol. The lowest BCUT2D eigenvalue weighted by atomic mass is 10.2. The molecule has 0 aliphatic rings. The highest BCUT2D eigenvalue weighted by Crippen LogP contribution is 2.11. The molecule has 0 aliphatic carbocycles. The molecule has 0 saturated heterocycles. The molecule has 0 atom stereocenters. The molecule has 132 valence electrons. The molecule has 7 nitrogen and oxygen atoms in total. The number of carbonyl (C=O) groups excluding carboxylic acids is 2. The fourth-order valence-electron chi connectivity index (χ4n) is 2.04. The molecule has 0 aliphatic heterocycles. The lowest BCUT2D eigenvalue weighted by Crippen LogP contribution is -2.34. The fourth-order valence-corrected chi connectivity index (χ4v) is 2.70. The Morgan fingerprint density at radius 2 is 1.48 bits per heavy atom. The van der Waals surface area contributed by atoms with E-state index < -0.39 is 15.7 Å². The Hall–Kier alpha value is -2.87. The van der Waals surface area contributed by atoms with Crippen LogP contribution in [0.5, 0.6) is 5.75 Å². The molecule has 0 heterocycles. The van der Waals surface area contributed by atoms with Crippen LogP contribution in [0.25, 0.3) is 0 Å². The number of nitrogens with one attached hydrogen (secondary N) is 2. The maximum Gasteiger partial charge on any atom is 0.251 e. The Labute approximate surface area is 145 Å². The first-order valence-corrected chi connectivity index (χ1v) is 9.32. The van der Waals surface area contributed by atoms with E-state index in [-0.39, 0.29) is 35.2 Å². The van der Waals surface area contributed by atoms with Crippen LogP contribution in [-0.2, 0) is 9.84 Å². The minimum Gasteiger partial charge on any atom is -0.508 e. The normalized spacial score (nSPS) is 10.9. The second-order valence-electron chi connectivity index (χ2n) is 5.36. The minimum absolute atomic E-state index is 0.0696. The van der Waals surface area contributed by atoms with E-state index in [1.807, 2.05) is 0 Å². The summed E-state index contributed by atoms with van der Waals surface area (Å²) in [6.07, 6.45) is 1.07. The van der Waals surface area contributed by atoms with Gasteiger partial charge in [0.2, 0.25) is 0 Å². The first kappa shape index (κ1) is 18.5. The van der Waals surface area contributed by atoms with E-state index in [9.17, 15) is 23.1 Å². The largest absolute Gasteiger partial charge is 0.508 e. The zero-order valence-corrected chi connectivity index (χ0v) is 14.3. The predicted molar refractivity (Wildman–Crippen MR) is 92.3 cm³/mol. The first-order chi connectivity index (χ1) is 11.8. The molecule has 2 aromatic rings. The molecular formula is C17H18N2O5S. The van der Waals surface area contributed by atoms with Crippen LogP contribution in [0.2, 0.25) is 0 Å². The van der Waals surface area contributed by atoms with Crippen LogP contribution < -0.4 is 10.6 Å². The average Bonchev–Trinajstić information content (AvgIpc) is 2.58. The van der Waals surface area contributed by atoms with Crippen molar-refractivity contribution in [2.24, 2.45) is 0 Å². The first-order valence-electron chi connectivity index (χ1n) is 7.43. The molecule has 0 bridgehead atoms. The number of sulfone groups is 1.